The molecule has 0 saturated heterocycles. The molecule has 0 aliphatic carbocycles. The Bertz CT molecular complexity index is 751. The number of benzene rings is 2. The Kier molecular flexibility index (Phi) is 3.70. The average molecular weight is 349 g/mol. The van der Waals surface area contributed by atoms with Crippen LogP contribution in [-0.2, 0) is 6.42 Å². The maximum absolute atomic E-state index is 13.4. The van der Waals surface area contributed by atoms with Crippen LogP contribution < -0.4 is 0 Å². The molecule has 3 rings (SSSR count). The second-order valence-electron chi connectivity index (χ2n) is 4.51. The van der Waals surface area contributed by atoms with Crippen LogP contribution in [0, 0.1) is 5.82 Å². The van der Waals surface area contributed by atoms with Gasteiger partial charge in [0.2, 0.25) is 11.7 Å². The predicted octanol–water partition coefficient (Wildman–Crippen LogP) is 3.93. The third-order valence-electron chi connectivity index (χ3n) is 2.88. The van der Waals surface area contributed by atoms with Crippen LogP contribution in [0.4, 0.5) is 4.39 Å². The summed E-state index contributed by atoms with van der Waals surface area (Å²) in [6.45, 7) is 0. The van der Waals surface area contributed by atoms with Gasteiger partial charge < -0.3 is 9.63 Å². The maximum atomic E-state index is 13.4. The SMILES string of the molecule is Oc1ccc(Cc2nc(-c3cc(F)cc(Br)c3)no2)cc1. The second-order valence-corrected chi connectivity index (χ2v) is 5.43. The zero-order chi connectivity index (χ0) is 14.8. The quantitative estimate of drug-likeness (QED) is 0.778. The summed E-state index contributed by atoms with van der Waals surface area (Å²) in [4.78, 5) is 4.25. The number of hydrogen-bond donors (Lipinski definition) is 1. The molecule has 21 heavy (non-hydrogen) atoms. The smallest absolute Gasteiger partial charge is 0.231 e. The number of aromatic hydroxyl groups is 1. The Morgan fingerprint density at radius 3 is 2.62 bits per heavy atom. The van der Waals surface area contributed by atoms with Crippen molar-refractivity contribution < 1.29 is 14.0 Å². The first kappa shape index (κ1) is 13.8. The molecule has 6 heteroatoms. The van der Waals surface area contributed by atoms with E-state index in [-0.39, 0.29) is 11.6 Å². The van der Waals surface area contributed by atoms with Crippen molar-refractivity contribution >= 4 is 15.9 Å². The first-order chi connectivity index (χ1) is 10.1. The number of rotatable bonds is 3. The van der Waals surface area contributed by atoms with Gasteiger partial charge in [0, 0.05) is 10.0 Å². The van der Waals surface area contributed by atoms with Crippen molar-refractivity contribution in [2.24, 2.45) is 0 Å². The Labute approximate surface area is 128 Å². The van der Waals surface area contributed by atoms with Gasteiger partial charge in [0.15, 0.2) is 0 Å². The van der Waals surface area contributed by atoms with Gasteiger partial charge in [-0.25, -0.2) is 4.39 Å². The molecular weight excluding hydrogens is 339 g/mol. The van der Waals surface area contributed by atoms with Crippen molar-refractivity contribution in [3.63, 3.8) is 0 Å². The molecule has 2 aromatic carbocycles. The summed E-state index contributed by atoms with van der Waals surface area (Å²) in [6, 6.07) is 11.2. The maximum Gasteiger partial charge on any atom is 0.231 e. The molecule has 0 saturated carbocycles. The minimum atomic E-state index is -0.371. The molecule has 4 nitrogen and oxygen atoms in total. The lowest BCUT2D eigenvalue weighted by molar-refractivity contribution is 0.385. The van der Waals surface area contributed by atoms with Crippen LogP contribution in [0.1, 0.15) is 11.5 Å². The summed E-state index contributed by atoms with van der Waals surface area (Å²) in [5.41, 5.74) is 1.48. The third kappa shape index (κ3) is 3.28. The first-order valence-electron chi connectivity index (χ1n) is 6.17. The summed E-state index contributed by atoms with van der Waals surface area (Å²) in [7, 11) is 0. The van der Waals surface area contributed by atoms with E-state index in [1.54, 1.807) is 30.3 Å². The summed E-state index contributed by atoms with van der Waals surface area (Å²) in [6.07, 6.45) is 0.448. The monoisotopic (exact) mass is 348 g/mol. The topological polar surface area (TPSA) is 59.2 Å². The molecule has 1 aromatic heterocycles. The molecular formula is C15H10BrFN2O2. The van der Waals surface area contributed by atoms with Crippen LogP contribution >= 0.6 is 15.9 Å². The fraction of sp³-hybridized carbons (Fsp3) is 0.0667. The molecule has 0 bridgehead atoms. The molecule has 0 aliphatic rings. The highest BCUT2D eigenvalue weighted by Gasteiger charge is 2.11. The fourth-order valence-corrected chi connectivity index (χ4v) is 2.38. The van der Waals surface area contributed by atoms with Crippen LogP contribution in [-0.4, -0.2) is 15.2 Å². The number of aromatic nitrogens is 2. The highest BCUT2D eigenvalue weighted by atomic mass is 79.9. The van der Waals surface area contributed by atoms with Crippen LogP contribution in [0.15, 0.2) is 51.5 Å². The molecule has 106 valence electrons. The van der Waals surface area contributed by atoms with Crippen LogP contribution in [0.2, 0.25) is 0 Å². The van der Waals surface area contributed by atoms with E-state index in [4.69, 9.17) is 4.52 Å². The van der Waals surface area contributed by atoms with Gasteiger partial charge in [-0.3, -0.25) is 0 Å². The van der Waals surface area contributed by atoms with E-state index in [0.717, 1.165) is 5.56 Å². The molecule has 0 unspecified atom stereocenters. The number of hydrogen-bond acceptors (Lipinski definition) is 4. The summed E-state index contributed by atoms with van der Waals surface area (Å²) < 4.78 is 19.2. The van der Waals surface area contributed by atoms with E-state index >= 15 is 0 Å². The molecule has 0 radical (unpaired) electrons. The van der Waals surface area contributed by atoms with Crippen molar-refractivity contribution in [3.05, 3.63) is 64.2 Å². The molecule has 1 N–H and O–H groups in total. The molecule has 1 heterocycles. The number of halogens is 2. The summed E-state index contributed by atoms with van der Waals surface area (Å²) >= 11 is 3.23. The van der Waals surface area contributed by atoms with Gasteiger partial charge in [0.05, 0.1) is 6.42 Å². The predicted molar refractivity (Wildman–Crippen MR) is 78.3 cm³/mol. The van der Waals surface area contributed by atoms with Crippen molar-refractivity contribution in [3.8, 4) is 17.1 Å². The Balaban J connectivity index is 1.84. The summed E-state index contributed by atoms with van der Waals surface area (Å²) in [5.74, 6) is 0.596. The lowest BCUT2D eigenvalue weighted by Crippen LogP contribution is -1.88. The second kappa shape index (κ2) is 5.65. The van der Waals surface area contributed by atoms with Crippen molar-refractivity contribution in [2.75, 3.05) is 0 Å². The zero-order valence-corrected chi connectivity index (χ0v) is 12.3. The lowest BCUT2D eigenvalue weighted by Gasteiger charge is -1.97. The number of phenolic OH excluding ortho intramolecular Hbond substituents is 1. The van der Waals surface area contributed by atoms with Gasteiger partial charge in [-0.05, 0) is 35.9 Å². The van der Waals surface area contributed by atoms with Gasteiger partial charge >= 0.3 is 0 Å². The number of phenols is 1. The molecule has 0 fully saturated rings. The third-order valence-corrected chi connectivity index (χ3v) is 3.34. The van der Waals surface area contributed by atoms with E-state index in [2.05, 4.69) is 26.1 Å². The molecule has 0 spiro atoms. The van der Waals surface area contributed by atoms with E-state index < -0.39 is 0 Å². The molecule has 0 aliphatic heterocycles. The minimum Gasteiger partial charge on any atom is -0.508 e. The van der Waals surface area contributed by atoms with Crippen LogP contribution in [0.3, 0.4) is 0 Å². The zero-order valence-electron chi connectivity index (χ0n) is 10.8. The summed E-state index contributed by atoms with van der Waals surface area (Å²) in [5, 5.41) is 13.1. The highest BCUT2D eigenvalue weighted by molar-refractivity contribution is 9.10. The van der Waals surface area contributed by atoms with E-state index in [0.29, 0.717) is 28.2 Å². The molecule has 0 amide bonds. The average Bonchev–Trinajstić information content (AvgIpc) is 2.89. The van der Waals surface area contributed by atoms with Crippen LogP contribution in [0.25, 0.3) is 11.4 Å². The standard InChI is InChI=1S/C15H10BrFN2O2/c16-11-6-10(7-12(17)8-11)15-18-14(21-19-15)5-9-1-3-13(20)4-2-9/h1-4,6-8,20H,5H2. The normalized spacial score (nSPS) is 10.8. The highest BCUT2D eigenvalue weighted by Crippen LogP contribution is 2.23. The Hall–Kier alpha value is -2.21. The van der Waals surface area contributed by atoms with Crippen molar-refractivity contribution in [1.29, 1.82) is 0 Å². The molecule has 3 aromatic rings. The largest absolute Gasteiger partial charge is 0.508 e. The van der Waals surface area contributed by atoms with Gasteiger partial charge in [-0.2, -0.15) is 4.98 Å². The van der Waals surface area contributed by atoms with Crippen LogP contribution in [0.5, 0.6) is 5.75 Å². The molecule has 0 atom stereocenters. The van der Waals surface area contributed by atoms with Gasteiger partial charge in [0.1, 0.15) is 11.6 Å². The van der Waals surface area contributed by atoms with Crippen molar-refractivity contribution in [2.45, 2.75) is 6.42 Å². The van der Waals surface area contributed by atoms with Crippen molar-refractivity contribution in [1.82, 2.24) is 10.1 Å². The van der Waals surface area contributed by atoms with Gasteiger partial charge in [-0.1, -0.05) is 33.2 Å². The number of nitrogens with zero attached hydrogens (tertiary/aromatic N) is 2. The van der Waals surface area contributed by atoms with Gasteiger partial charge in [-0.15, -0.1) is 0 Å². The van der Waals surface area contributed by atoms with E-state index in [1.165, 1.54) is 12.1 Å². The first-order valence-corrected chi connectivity index (χ1v) is 6.96. The fourth-order valence-electron chi connectivity index (χ4n) is 1.92. The Morgan fingerprint density at radius 1 is 1.14 bits per heavy atom. The lowest BCUT2D eigenvalue weighted by atomic mass is 10.1. The Morgan fingerprint density at radius 2 is 1.90 bits per heavy atom. The van der Waals surface area contributed by atoms with Gasteiger partial charge in [0.25, 0.3) is 0 Å². The van der Waals surface area contributed by atoms with E-state index in [9.17, 15) is 9.50 Å². The van der Waals surface area contributed by atoms with E-state index in [1.807, 2.05) is 0 Å². The minimum absolute atomic E-state index is 0.203.